The van der Waals surface area contributed by atoms with Crippen LogP contribution < -0.4 is 10.2 Å². The lowest BCUT2D eigenvalue weighted by Crippen LogP contribution is -2.44. The smallest absolute Gasteiger partial charge is 0.291 e. The lowest BCUT2D eigenvalue weighted by atomic mass is 9.90. The number of furan rings is 1. The van der Waals surface area contributed by atoms with E-state index in [0.29, 0.717) is 16.9 Å². The topological polar surface area (TPSA) is 109 Å². The maximum absolute atomic E-state index is 13.0. The van der Waals surface area contributed by atoms with Gasteiger partial charge in [-0.1, -0.05) is 11.2 Å². The molecule has 32 heavy (non-hydrogen) atoms. The number of piperazine rings is 1. The van der Waals surface area contributed by atoms with Crippen molar-refractivity contribution in [3.8, 4) is 0 Å². The van der Waals surface area contributed by atoms with Gasteiger partial charge in [-0.05, 0) is 39.1 Å². The number of fused-ring (bicyclic) bond motifs is 2. The third-order valence-corrected chi connectivity index (χ3v) is 6.05. The molecule has 9 nitrogen and oxygen atoms in total. The van der Waals surface area contributed by atoms with Crippen molar-refractivity contribution in [2.45, 2.75) is 13.8 Å². The Hall–Kier alpha value is -3.72. The van der Waals surface area contributed by atoms with Gasteiger partial charge in [0.2, 0.25) is 17.3 Å². The van der Waals surface area contributed by atoms with Crippen LogP contribution in [0.5, 0.6) is 0 Å². The van der Waals surface area contributed by atoms with E-state index in [9.17, 15) is 14.4 Å². The van der Waals surface area contributed by atoms with Crippen LogP contribution in [0.4, 0.5) is 11.4 Å². The Morgan fingerprint density at radius 2 is 1.75 bits per heavy atom. The summed E-state index contributed by atoms with van der Waals surface area (Å²) in [6, 6.07) is 7.58. The SMILES string of the molecule is Cc1noc2c1C(=O)c1oc(C(=O)Nc3cccc(N4CCN(C)CC4)c3)c(C)c1C2=O. The number of anilines is 2. The predicted octanol–water partition coefficient (Wildman–Crippen LogP) is 2.66. The molecule has 2 aromatic heterocycles. The average Bonchev–Trinajstić information content (AvgIpc) is 3.34. The molecule has 1 saturated heterocycles. The average molecular weight is 434 g/mol. The van der Waals surface area contributed by atoms with Crippen LogP contribution >= 0.6 is 0 Å². The second-order valence-corrected chi connectivity index (χ2v) is 8.19. The summed E-state index contributed by atoms with van der Waals surface area (Å²) in [5.74, 6) is -1.88. The van der Waals surface area contributed by atoms with E-state index in [4.69, 9.17) is 8.94 Å². The highest BCUT2D eigenvalue weighted by atomic mass is 16.5. The highest BCUT2D eigenvalue weighted by Gasteiger charge is 2.41. The van der Waals surface area contributed by atoms with E-state index in [2.05, 4.69) is 27.3 Å². The van der Waals surface area contributed by atoms with Gasteiger partial charge >= 0.3 is 0 Å². The Labute approximate surface area is 183 Å². The van der Waals surface area contributed by atoms with Crippen molar-refractivity contribution in [3.63, 3.8) is 0 Å². The summed E-state index contributed by atoms with van der Waals surface area (Å²) in [6.07, 6.45) is 0. The molecule has 9 heteroatoms. The number of hydrogen-bond acceptors (Lipinski definition) is 8. The molecule has 0 spiro atoms. The highest BCUT2D eigenvalue weighted by Crippen LogP contribution is 2.34. The number of ketones is 2. The predicted molar refractivity (Wildman–Crippen MR) is 116 cm³/mol. The fraction of sp³-hybridized carbons (Fsp3) is 0.304. The number of aromatic nitrogens is 1. The largest absolute Gasteiger partial charge is 0.446 e. The van der Waals surface area contributed by atoms with Gasteiger partial charge in [0.1, 0.15) is 5.56 Å². The number of benzene rings is 1. The molecule has 0 saturated carbocycles. The van der Waals surface area contributed by atoms with Crippen LogP contribution in [0.15, 0.2) is 33.2 Å². The number of carbonyl (C=O) groups excluding carboxylic acids is 3. The summed E-state index contributed by atoms with van der Waals surface area (Å²) in [6.45, 7) is 6.92. The van der Waals surface area contributed by atoms with Crippen LogP contribution in [0.3, 0.4) is 0 Å². The Kier molecular flexibility index (Phi) is 4.70. The quantitative estimate of drug-likeness (QED) is 0.524. The first kappa shape index (κ1) is 20.2. The number of amides is 1. The zero-order valence-corrected chi connectivity index (χ0v) is 18.0. The minimum Gasteiger partial charge on any atom is -0.446 e. The maximum Gasteiger partial charge on any atom is 0.291 e. The van der Waals surface area contributed by atoms with E-state index in [1.165, 1.54) is 0 Å². The second kappa shape index (κ2) is 7.45. The van der Waals surface area contributed by atoms with Gasteiger partial charge in [-0.2, -0.15) is 0 Å². The Morgan fingerprint density at radius 3 is 2.50 bits per heavy atom. The standard InChI is InChI=1S/C23H22N4O5/c1-12-16-18(28)22-17(13(2)25-32-22)19(29)21(16)31-20(12)23(30)24-14-5-4-6-15(11-14)27-9-7-26(3)8-10-27/h4-6,11H,7-10H2,1-3H3,(H,24,30). The third-order valence-electron chi connectivity index (χ3n) is 6.05. The summed E-state index contributed by atoms with van der Waals surface area (Å²) >= 11 is 0. The van der Waals surface area contributed by atoms with E-state index < -0.39 is 17.5 Å². The Morgan fingerprint density at radius 1 is 1.03 bits per heavy atom. The van der Waals surface area contributed by atoms with Gasteiger partial charge in [0, 0.05) is 43.1 Å². The van der Waals surface area contributed by atoms with Crippen LogP contribution in [0.25, 0.3) is 0 Å². The van der Waals surface area contributed by atoms with Crippen molar-refractivity contribution >= 4 is 28.8 Å². The van der Waals surface area contributed by atoms with Crippen LogP contribution in [0, 0.1) is 13.8 Å². The first-order valence-corrected chi connectivity index (χ1v) is 10.4. The number of hydrogen-bond donors (Lipinski definition) is 1. The van der Waals surface area contributed by atoms with Crippen molar-refractivity contribution < 1.29 is 23.3 Å². The van der Waals surface area contributed by atoms with E-state index in [1.54, 1.807) is 19.9 Å². The van der Waals surface area contributed by atoms with Gasteiger partial charge in [-0.25, -0.2) is 0 Å². The Bertz CT molecular complexity index is 1260. The molecular weight excluding hydrogens is 412 g/mol. The fourth-order valence-corrected chi connectivity index (χ4v) is 4.22. The molecule has 1 aliphatic heterocycles. The summed E-state index contributed by atoms with van der Waals surface area (Å²) in [7, 11) is 2.10. The van der Waals surface area contributed by atoms with Gasteiger partial charge in [-0.3, -0.25) is 14.4 Å². The summed E-state index contributed by atoms with van der Waals surface area (Å²) < 4.78 is 10.7. The van der Waals surface area contributed by atoms with Crippen molar-refractivity contribution in [1.82, 2.24) is 10.1 Å². The van der Waals surface area contributed by atoms with Crippen molar-refractivity contribution in [2.24, 2.45) is 0 Å². The molecule has 0 unspecified atom stereocenters. The first-order chi connectivity index (χ1) is 15.3. The zero-order valence-electron chi connectivity index (χ0n) is 18.0. The molecule has 1 fully saturated rings. The van der Waals surface area contributed by atoms with Gasteiger partial charge in [0.25, 0.3) is 5.91 Å². The molecule has 164 valence electrons. The van der Waals surface area contributed by atoms with Gasteiger partial charge in [0.15, 0.2) is 11.5 Å². The minimum absolute atomic E-state index is 0.0509. The van der Waals surface area contributed by atoms with Crippen LogP contribution in [-0.2, 0) is 0 Å². The monoisotopic (exact) mass is 434 g/mol. The molecule has 3 heterocycles. The maximum atomic E-state index is 13.0. The first-order valence-electron chi connectivity index (χ1n) is 10.4. The van der Waals surface area contributed by atoms with E-state index in [-0.39, 0.29) is 28.4 Å². The number of carbonyl (C=O) groups is 3. The zero-order chi connectivity index (χ0) is 22.6. The lowest BCUT2D eigenvalue weighted by molar-refractivity contribution is 0.0932. The number of nitrogens with zero attached hydrogens (tertiary/aromatic N) is 3. The molecule has 0 bridgehead atoms. The number of likely N-dealkylation sites (N-methyl/N-ethyl adjacent to an activating group) is 1. The summed E-state index contributed by atoms with van der Waals surface area (Å²) in [5.41, 5.74) is 2.36. The molecule has 1 amide bonds. The number of nitrogens with one attached hydrogen (secondary N) is 1. The van der Waals surface area contributed by atoms with Gasteiger partial charge in [-0.15, -0.1) is 0 Å². The lowest BCUT2D eigenvalue weighted by Gasteiger charge is -2.34. The van der Waals surface area contributed by atoms with E-state index in [1.807, 2.05) is 18.2 Å². The van der Waals surface area contributed by atoms with E-state index in [0.717, 1.165) is 31.9 Å². The van der Waals surface area contributed by atoms with Gasteiger partial charge in [0.05, 0.1) is 11.3 Å². The molecule has 1 aliphatic carbocycles. The molecule has 1 aromatic carbocycles. The van der Waals surface area contributed by atoms with E-state index >= 15 is 0 Å². The third kappa shape index (κ3) is 3.13. The van der Waals surface area contributed by atoms with Crippen LogP contribution in [0.2, 0.25) is 0 Å². The highest BCUT2D eigenvalue weighted by molar-refractivity contribution is 6.28. The van der Waals surface area contributed by atoms with Crippen LogP contribution in [-0.4, -0.2) is 60.8 Å². The molecule has 0 radical (unpaired) electrons. The fourth-order valence-electron chi connectivity index (χ4n) is 4.22. The number of rotatable bonds is 3. The second-order valence-electron chi connectivity index (χ2n) is 8.19. The van der Waals surface area contributed by atoms with Crippen molar-refractivity contribution in [2.75, 3.05) is 43.4 Å². The molecule has 1 N–H and O–H groups in total. The van der Waals surface area contributed by atoms with Crippen LogP contribution in [0.1, 0.15) is 54.0 Å². The summed E-state index contributed by atoms with van der Waals surface area (Å²) in [4.78, 5) is 43.2. The summed E-state index contributed by atoms with van der Waals surface area (Å²) in [5, 5.41) is 6.54. The Balaban J connectivity index is 1.41. The van der Waals surface area contributed by atoms with Crippen molar-refractivity contribution in [3.05, 3.63) is 63.9 Å². The van der Waals surface area contributed by atoms with Crippen molar-refractivity contribution in [1.29, 1.82) is 0 Å². The minimum atomic E-state index is -0.528. The molecule has 5 rings (SSSR count). The number of aryl methyl sites for hydroxylation is 1. The normalized spacial score (nSPS) is 16.2. The molecule has 3 aromatic rings. The molecular formula is C23H22N4O5. The molecule has 2 aliphatic rings. The molecule has 0 atom stereocenters. The van der Waals surface area contributed by atoms with Gasteiger partial charge < -0.3 is 24.1 Å².